The molecule has 1 N–H and O–H groups in total. The summed E-state index contributed by atoms with van der Waals surface area (Å²) in [6, 6.07) is 2.37. The number of hydrazine groups is 1. The summed E-state index contributed by atoms with van der Waals surface area (Å²) in [7, 11) is 2.19. The molecule has 2 aromatic carbocycles. The van der Waals surface area contributed by atoms with Gasteiger partial charge in [0.15, 0.2) is 0 Å². The van der Waals surface area contributed by atoms with Crippen molar-refractivity contribution in [2.75, 3.05) is 14.2 Å². The molecule has 0 aliphatic heterocycles. The van der Waals surface area contributed by atoms with Crippen molar-refractivity contribution >= 4 is 41.4 Å². The third-order valence-electron chi connectivity index (χ3n) is 4.67. The first kappa shape index (κ1) is 27.6. The number of benzene rings is 2. The Morgan fingerprint density at radius 2 is 1.79 bits per heavy atom. The second-order valence-corrected chi connectivity index (χ2v) is 7.67. The SMILES string of the molecule is C=Cc1ccc(/C(F)=C/C(c2ccc(Cl)c(Cl)c2)C(F)(F)F)cc1C(F)(F)N(C)N/C=N/OC. The molecule has 0 aliphatic rings. The van der Waals surface area contributed by atoms with Crippen LogP contribution in [0.5, 0.6) is 0 Å². The van der Waals surface area contributed by atoms with Crippen LogP contribution in [0.2, 0.25) is 10.0 Å². The van der Waals surface area contributed by atoms with E-state index in [2.05, 4.69) is 22.0 Å². The van der Waals surface area contributed by atoms with E-state index in [4.69, 9.17) is 23.2 Å². The average molecular weight is 526 g/mol. The van der Waals surface area contributed by atoms with Crippen molar-refractivity contribution in [2.24, 2.45) is 5.16 Å². The number of oxime groups is 1. The molecule has 0 saturated heterocycles. The fraction of sp³-hybridized carbons (Fsp3) is 0.227. The van der Waals surface area contributed by atoms with Crippen LogP contribution in [-0.4, -0.2) is 31.7 Å². The van der Waals surface area contributed by atoms with Gasteiger partial charge in [-0.1, -0.05) is 59.2 Å². The van der Waals surface area contributed by atoms with E-state index in [-0.39, 0.29) is 27.2 Å². The summed E-state index contributed by atoms with van der Waals surface area (Å²) in [6.45, 7) is 3.45. The Balaban J connectivity index is 2.54. The molecular formula is C22H19Cl2F6N3O. The lowest BCUT2D eigenvalue weighted by atomic mass is 9.95. The Bertz CT molecular complexity index is 1090. The number of nitrogens with one attached hydrogen (secondary N) is 1. The zero-order valence-electron chi connectivity index (χ0n) is 17.8. The second kappa shape index (κ2) is 11.2. The summed E-state index contributed by atoms with van der Waals surface area (Å²) in [4.78, 5) is 4.38. The van der Waals surface area contributed by atoms with Crippen molar-refractivity contribution in [3.63, 3.8) is 0 Å². The van der Waals surface area contributed by atoms with E-state index >= 15 is 8.78 Å². The van der Waals surface area contributed by atoms with Crippen molar-refractivity contribution in [1.82, 2.24) is 10.4 Å². The van der Waals surface area contributed by atoms with Crippen molar-refractivity contribution in [3.05, 3.63) is 81.4 Å². The van der Waals surface area contributed by atoms with Crippen molar-refractivity contribution in [2.45, 2.75) is 18.1 Å². The van der Waals surface area contributed by atoms with E-state index in [1.807, 2.05) is 0 Å². The van der Waals surface area contributed by atoms with Gasteiger partial charge < -0.3 is 10.3 Å². The molecule has 184 valence electrons. The number of alkyl halides is 5. The predicted molar refractivity (Wildman–Crippen MR) is 121 cm³/mol. The number of hydrogen-bond donors (Lipinski definition) is 1. The van der Waals surface area contributed by atoms with E-state index in [9.17, 15) is 17.6 Å². The lowest BCUT2D eigenvalue weighted by Gasteiger charge is -2.28. The topological polar surface area (TPSA) is 36.9 Å². The molecule has 0 aliphatic carbocycles. The molecule has 0 aromatic heterocycles. The Hall–Kier alpha value is -2.69. The molecule has 0 spiro atoms. The smallest absolute Gasteiger partial charge is 0.398 e. The van der Waals surface area contributed by atoms with Crippen molar-refractivity contribution in [3.8, 4) is 0 Å². The molecule has 0 bridgehead atoms. The highest BCUT2D eigenvalue weighted by molar-refractivity contribution is 6.42. The maximum Gasteiger partial charge on any atom is 0.399 e. The summed E-state index contributed by atoms with van der Waals surface area (Å²) in [5.74, 6) is -3.77. The van der Waals surface area contributed by atoms with Gasteiger partial charge in [-0.3, -0.25) is 0 Å². The van der Waals surface area contributed by atoms with Gasteiger partial charge in [-0.15, -0.1) is 0 Å². The molecule has 2 aromatic rings. The number of rotatable bonds is 9. The van der Waals surface area contributed by atoms with E-state index in [0.29, 0.717) is 5.01 Å². The molecule has 0 fully saturated rings. The van der Waals surface area contributed by atoms with Crippen LogP contribution in [0.4, 0.5) is 26.3 Å². The standard InChI is InChI=1S/C22H19Cl2F6N3O/c1-4-13-5-6-15(9-17(13)22(29,30)33(2)31-12-32-34-3)20(25)11-16(21(26,27)28)14-7-8-18(23)19(24)10-14/h4-12,16H,1H2,2-3H3,(H,31,32)/b20-11-. The molecular weight excluding hydrogens is 507 g/mol. The Labute approximate surface area is 202 Å². The third-order valence-corrected chi connectivity index (χ3v) is 5.41. The normalized spacial score (nSPS) is 13.9. The molecule has 4 nitrogen and oxygen atoms in total. The van der Waals surface area contributed by atoms with E-state index in [1.54, 1.807) is 0 Å². The third kappa shape index (κ3) is 6.46. The number of halogens is 8. The first-order valence-corrected chi connectivity index (χ1v) is 10.2. The molecule has 0 heterocycles. The van der Waals surface area contributed by atoms with E-state index in [0.717, 1.165) is 55.9 Å². The maximum atomic E-state index is 15.0. The lowest BCUT2D eigenvalue weighted by Crippen LogP contribution is -2.45. The summed E-state index contributed by atoms with van der Waals surface area (Å²) in [5.41, 5.74) is 0.531. The predicted octanol–water partition coefficient (Wildman–Crippen LogP) is 7.37. The number of hydrogen-bond acceptors (Lipinski definition) is 3. The van der Waals surface area contributed by atoms with Crippen LogP contribution >= 0.6 is 23.2 Å². The van der Waals surface area contributed by atoms with Crippen LogP contribution in [-0.2, 0) is 10.9 Å². The molecule has 2 rings (SSSR count). The first-order valence-electron chi connectivity index (χ1n) is 9.42. The van der Waals surface area contributed by atoms with Gasteiger partial charge in [0.2, 0.25) is 0 Å². The zero-order valence-corrected chi connectivity index (χ0v) is 19.3. The highest BCUT2D eigenvalue weighted by atomic mass is 35.5. The van der Waals surface area contributed by atoms with Gasteiger partial charge in [-0.2, -0.15) is 27.0 Å². The maximum absolute atomic E-state index is 15.0. The first-order chi connectivity index (χ1) is 15.8. The quantitative estimate of drug-likeness (QED) is 0.122. The fourth-order valence-electron chi connectivity index (χ4n) is 2.90. The van der Waals surface area contributed by atoms with Crippen LogP contribution in [0, 0.1) is 0 Å². The Morgan fingerprint density at radius 3 is 2.35 bits per heavy atom. The molecule has 0 saturated carbocycles. The van der Waals surface area contributed by atoms with Gasteiger partial charge in [0.1, 0.15) is 25.2 Å². The van der Waals surface area contributed by atoms with Crippen LogP contribution in [0.1, 0.15) is 28.2 Å². The van der Waals surface area contributed by atoms with Gasteiger partial charge in [-0.05, 0) is 35.4 Å². The monoisotopic (exact) mass is 525 g/mol. The molecule has 34 heavy (non-hydrogen) atoms. The van der Waals surface area contributed by atoms with Gasteiger partial charge in [0.25, 0.3) is 0 Å². The van der Waals surface area contributed by atoms with Gasteiger partial charge >= 0.3 is 12.2 Å². The highest BCUT2D eigenvalue weighted by Crippen LogP contribution is 2.41. The average Bonchev–Trinajstić information content (AvgIpc) is 2.78. The minimum absolute atomic E-state index is 0.0240. The van der Waals surface area contributed by atoms with E-state index in [1.165, 1.54) is 7.11 Å². The van der Waals surface area contributed by atoms with Crippen molar-refractivity contribution < 1.29 is 31.2 Å². The van der Waals surface area contributed by atoms with Crippen LogP contribution in [0.15, 0.2) is 54.2 Å². The summed E-state index contributed by atoms with van der Waals surface area (Å²) >= 11 is 11.6. The van der Waals surface area contributed by atoms with Gasteiger partial charge in [0, 0.05) is 18.2 Å². The van der Waals surface area contributed by atoms with Crippen LogP contribution in [0.25, 0.3) is 11.9 Å². The highest BCUT2D eigenvalue weighted by Gasteiger charge is 2.41. The van der Waals surface area contributed by atoms with Gasteiger partial charge in [-0.25, -0.2) is 4.39 Å². The lowest BCUT2D eigenvalue weighted by molar-refractivity contribution is -0.156. The van der Waals surface area contributed by atoms with Crippen LogP contribution in [0.3, 0.4) is 0 Å². The minimum atomic E-state index is -4.90. The summed E-state index contributed by atoms with van der Waals surface area (Å²) in [6.07, 6.45) is -2.65. The Kier molecular flexibility index (Phi) is 9.04. The fourth-order valence-corrected chi connectivity index (χ4v) is 3.20. The molecule has 1 atom stereocenters. The summed E-state index contributed by atoms with van der Waals surface area (Å²) < 4.78 is 86.2. The number of allylic oxidation sites excluding steroid dienone is 1. The molecule has 1 unspecified atom stereocenters. The van der Waals surface area contributed by atoms with Gasteiger partial charge in [0.05, 0.1) is 10.0 Å². The minimum Gasteiger partial charge on any atom is -0.398 e. The second-order valence-electron chi connectivity index (χ2n) is 6.86. The molecule has 0 amide bonds. The Morgan fingerprint density at radius 1 is 1.12 bits per heavy atom. The zero-order chi connectivity index (χ0) is 25.7. The van der Waals surface area contributed by atoms with Crippen LogP contribution < -0.4 is 5.43 Å². The van der Waals surface area contributed by atoms with Crippen molar-refractivity contribution in [1.29, 1.82) is 0 Å². The summed E-state index contributed by atoms with van der Waals surface area (Å²) in [5, 5.41) is 3.52. The number of nitrogens with zero attached hydrogens (tertiary/aromatic N) is 2. The molecule has 0 radical (unpaired) electrons. The largest absolute Gasteiger partial charge is 0.399 e. The molecule has 12 heteroatoms. The van der Waals surface area contributed by atoms with E-state index < -0.39 is 35.1 Å².